The van der Waals surface area contributed by atoms with E-state index in [1.165, 1.54) is 6.92 Å². The van der Waals surface area contributed by atoms with Crippen LogP contribution in [-0.2, 0) is 19.5 Å². The number of fused-ring (bicyclic) bond motifs is 1. The molecule has 102 valence electrons. The Balaban J connectivity index is 1.88. The number of nitrogens with one attached hydrogen (secondary N) is 1. The van der Waals surface area contributed by atoms with Gasteiger partial charge in [0.2, 0.25) is 0 Å². The first-order valence-electron chi connectivity index (χ1n) is 6.17. The number of rotatable bonds is 4. The van der Waals surface area contributed by atoms with Crippen molar-refractivity contribution < 1.29 is 13.2 Å². The standard InChI is InChI=1S/C11H17F3N4/c1-8(6-11(12,13)14)15-7-10-17-16-9-4-2-3-5-18(9)10/h8,15H,2-7H2,1H3. The summed E-state index contributed by atoms with van der Waals surface area (Å²) in [4.78, 5) is 0. The van der Waals surface area contributed by atoms with E-state index in [0.29, 0.717) is 6.54 Å². The van der Waals surface area contributed by atoms with Crippen LogP contribution in [-0.4, -0.2) is 27.0 Å². The molecule has 0 aliphatic carbocycles. The first kappa shape index (κ1) is 13.3. The number of halogens is 3. The van der Waals surface area contributed by atoms with Crippen LogP contribution in [0.15, 0.2) is 0 Å². The zero-order valence-corrected chi connectivity index (χ0v) is 10.3. The van der Waals surface area contributed by atoms with Crippen LogP contribution in [0.5, 0.6) is 0 Å². The van der Waals surface area contributed by atoms with Gasteiger partial charge in [-0.1, -0.05) is 0 Å². The quantitative estimate of drug-likeness (QED) is 0.903. The molecule has 0 radical (unpaired) electrons. The minimum Gasteiger partial charge on any atom is -0.314 e. The fourth-order valence-corrected chi connectivity index (χ4v) is 2.18. The predicted molar refractivity (Wildman–Crippen MR) is 59.9 cm³/mol. The van der Waals surface area contributed by atoms with Crippen molar-refractivity contribution in [2.45, 2.75) is 57.9 Å². The topological polar surface area (TPSA) is 42.7 Å². The fourth-order valence-electron chi connectivity index (χ4n) is 2.18. The van der Waals surface area contributed by atoms with Gasteiger partial charge >= 0.3 is 6.18 Å². The minimum atomic E-state index is -4.13. The molecule has 2 rings (SSSR count). The van der Waals surface area contributed by atoms with Gasteiger partial charge in [-0.25, -0.2) is 0 Å². The van der Waals surface area contributed by atoms with Gasteiger partial charge in [-0.15, -0.1) is 10.2 Å². The van der Waals surface area contributed by atoms with Crippen LogP contribution in [0, 0.1) is 0 Å². The molecule has 18 heavy (non-hydrogen) atoms. The third-order valence-corrected chi connectivity index (χ3v) is 3.08. The van der Waals surface area contributed by atoms with Gasteiger partial charge < -0.3 is 9.88 Å². The maximum atomic E-state index is 12.2. The summed E-state index contributed by atoms with van der Waals surface area (Å²) in [6.45, 7) is 2.73. The second kappa shape index (κ2) is 5.26. The summed E-state index contributed by atoms with van der Waals surface area (Å²) in [7, 11) is 0. The zero-order valence-electron chi connectivity index (χ0n) is 10.3. The van der Waals surface area contributed by atoms with Gasteiger partial charge in [0, 0.05) is 19.0 Å². The van der Waals surface area contributed by atoms with E-state index in [-0.39, 0.29) is 0 Å². The molecule has 1 aliphatic rings. The Hall–Kier alpha value is -1.11. The van der Waals surface area contributed by atoms with E-state index in [4.69, 9.17) is 0 Å². The van der Waals surface area contributed by atoms with Crippen molar-refractivity contribution >= 4 is 0 Å². The van der Waals surface area contributed by atoms with E-state index in [1.54, 1.807) is 0 Å². The molecule has 0 saturated carbocycles. The van der Waals surface area contributed by atoms with Gasteiger partial charge in [-0.2, -0.15) is 13.2 Å². The minimum absolute atomic E-state index is 0.338. The van der Waals surface area contributed by atoms with E-state index < -0.39 is 18.6 Å². The first-order valence-corrected chi connectivity index (χ1v) is 6.17. The highest BCUT2D eigenvalue weighted by molar-refractivity contribution is 4.98. The molecule has 1 aromatic rings. The monoisotopic (exact) mass is 262 g/mol. The van der Waals surface area contributed by atoms with Gasteiger partial charge in [-0.3, -0.25) is 0 Å². The van der Waals surface area contributed by atoms with E-state index >= 15 is 0 Å². The largest absolute Gasteiger partial charge is 0.390 e. The smallest absolute Gasteiger partial charge is 0.314 e. The lowest BCUT2D eigenvalue weighted by molar-refractivity contribution is -0.139. The van der Waals surface area contributed by atoms with Crippen molar-refractivity contribution in [2.75, 3.05) is 0 Å². The number of aromatic nitrogens is 3. The molecule has 1 N–H and O–H groups in total. The number of nitrogens with zero attached hydrogens (tertiary/aromatic N) is 3. The van der Waals surface area contributed by atoms with Gasteiger partial charge in [0.25, 0.3) is 0 Å². The lowest BCUT2D eigenvalue weighted by Gasteiger charge is -2.17. The second-order valence-electron chi connectivity index (χ2n) is 4.74. The molecule has 7 heteroatoms. The van der Waals surface area contributed by atoms with Gasteiger partial charge in [0.1, 0.15) is 11.6 Å². The highest BCUT2D eigenvalue weighted by atomic mass is 19.4. The highest BCUT2D eigenvalue weighted by Crippen LogP contribution is 2.21. The summed E-state index contributed by atoms with van der Waals surface area (Å²) in [6, 6.07) is -0.610. The Kier molecular flexibility index (Phi) is 3.89. The van der Waals surface area contributed by atoms with Crippen molar-refractivity contribution in [1.82, 2.24) is 20.1 Å². The fraction of sp³-hybridized carbons (Fsp3) is 0.818. The molecule has 1 unspecified atom stereocenters. The second-order valence-corrected chi connectivity index (χ2v) is 4.74. The van der Waals surface area contributed by atoms with Crippen molar-refractivity contribution in [3.8, 4) is 0 Å². The highest BCUT2D eigenvalue weighted by Gasteiger charge is 2.30. The molecule has 0 aromatic carbocycles. The number of hydrogen-bond acceptors (Lipinski definition) is 3. The van der Waals surface area contributed by atoms with Crippen molar-refractivity contribution in [1.29, 1.82) is 0 Å². The van der Waals surface area contributed by atoms with Gasteiger partial charge in [-0.05, 0) is 19.8 Å². The molecule has 1 aliphatic heterocycles. The van der Waals surface area contributed by atoms with Crippen LogP contribution >= 0.6 is 0 Å². The average Bonchev–Trinajstić information content (AvgIpc) is 2.67. The number of alkyl halides is 3. The van der Waals surface area contributed by atoms with Crippen molar-refractivity contribution in [3.05, 3.63) is 11.6 Å². The Labute approximate surface area is 104 Å². The molecular formula is C11H17F3N4. The van der Waals surface area contributed by atoms with E-state index in [9.17, 15) is 13.2 Å². The van der Waals surface area contributed by atoms with Gasteiger partial charge in [0.15, 0.2) is 0 Å². The molecule has 0 fully saturated rings. The SMILES string of the molecule is CC(CC(F)(F)F)NCc1nnc2n1CCCC2. The van der Waals surface area contributed by atoms with E-state index in [0.717, 1.165) is 37.5 Å². The van der Waals surface area contributed by atoms with Crippen LogP contribution in [0.1, 0.15) is 37.8 Å². The summed E-state index contributed by atoms with van der Waals surface area (Å²) in [5.74, 6) is 1.68. The molecule has 2 heterocycles. The molecule has 0 amide bonds. The summed E-state index contributed by atoms with van der Waals surface area (Å²) in [6.07, 6.45) is -1.86. The molecule has 0 saturated heterocycles. The lowest BCUT2D eigenvalue weighted by atomic mass is 10.1. The van der Waals surface area contributed by atoms with Gasteiger partial charge in [0.05, 0.1) is 13.0 Å². The molecule has 0 bridgehead atoms. The molecule has 4 nitrogen and oxygen atoms in total. The maximum absolute atomic E-state index is 12.2. The zero-order chi connectivity index (χ0) is 13.2. The van der Waals surface area contributed by atoms with E-state index in [1.807, 2.05) is 4.57 Å². The van der Waals surface area contributed by atoms with Crippen LogP contribution in [0.4, 0.5) is 13.2 Å². The van der Waals surface area contributed by atoms with Crippen molar-refractivity contribution in [3.63, 3.8) is 0 Å². The molecular weight excluding hydrogens is 245 g/mol. The summed E-state index contributed by atoms with van der Waals surface area (Å²) in [5, 5.41) is 10.9. The number of aryl methyl sites for hydroxylation is 1. The maximum Gasteiger partial charge on any atom is 0.390 e. The third kappa shape index (κ3) is 3.44. The summed E-state index contributed by atoms with van der Waals surface area (Å²) in [5.41, 5.74) is 0. The third-order valence-electron chi connectivity index (χ3n) is 3.08. The molecule has 1 atom stereocenters. The predicted octanol–water partition coefficient (Wildman–Crippen LogP) is 2.04. The molecule has 0 spiro atoms. The van der Waals surface area contributed by atoms with Crippen LogP contribution in [0.2, 0.25) is 0 Å². The van der Waals surface area contributed by atoms with Crippen molar-refractivity contribution in [2.24, 2.45) is 0 Å². The Bertz CT molecular complexity index is 399. The Morgan fingerprint density at radius 1 is 1.33 bits per heavy atom. The summed E-state index contributed by atoms with van der Waals surface area (Å²) >= 11 is 0. The van der Waals surface area contributed by atoms with Crippen LogP contribution in [0.25, 0.3) is 0 Å². The Morgan fingerprint density at radius 2 is 2.11 bits per heavy atom. The van der Waals surface area contributed by atoms with Crippen LogP contribution in [0.3, 0.4) is 0 Å². The van der Waals surface area contributed by atoms with Crippen LogP contribution < -0.4 is 5.32 Å². The molecule has 1 aromatic heterocycles. The van der Waals surface area contributed by atoms with E-state index in [2.05, 4.69) is 15.5 Å². The number of hydrogen-bond donors (Lipinski definition) is 1. The normalized spacial score (nSPS) is 17.6. The first-order chi connectivity index (χ1) is 8.46. The average molecular weight is 262 g/mol. The summed E-state index contributed by atoms with van der Waals surface area (Å²) < 4.78 is 38.5. The lowest BCUT2D eigenvalue weighted by Crippen LogP contribution is -2.32. The Morgan fingerprint density at radius 3 is 2.83 bits per heavy atom.